The summed E-state index contributed by atoms with van der Waals surface area (Å²) >= 11 is 0. The molecular formula is C16H20N4O3. The third-order valence-corrected chi connectivity index (χ3v) is 3.09. The van der Waals surface area contributed by atoms with Crippen molar-refractivity contribution in [1.82, 2.24) is 15.3 Å². The van der Waals surface area contributed by atoms with Gasteiger partial charge in [0.05, 0.1) is 19.8 Å². The number of hydrogen-bond acceptors (Lipinski definition) is 6. The van der Waals surface area contributed by atoms with Gasteiger partial charge in [-0.15, -0.1) is 0 Å². The molecule has 0 saturated heterocycles. The van der Waals surface area contributed by atoms with Crippen LogP contribution in [0.3, 0.4) is 0 Å². The normalized spacial score (nSPS) is 10.0. The van der Waals surface area contributed by atoms with Crippen molar-refractivity contribution in [2.75, 3.05) is 26.1 Å². The number of carbonyl (C=O) groups is 1. The molecular weight excluding hydrogens is 296 g/mol. The Labute approximate surface area is 135 Å². The maximum Gasteiger partial charge on any atom is 0.254 e. The molecule has 1 amide bonds. The number of aromatic nitrogens is 2. The van der Waals surface area contributed by atoms with Crippen LogP contribution in [0, 0.1) is 0 Å². The second kappa shape index (κ2) is 7.98. The van der Waals surface area contributed by atoms with Crippen LogP contribution >= 0.6 is 0 Å². The van der Waals surface area contributed by atoms with Gasteiger partial charge in [-0.1, -0.05) is 6.92 Å². The first kappa shape index (κ1) is 16.5. The summed E-state index contributed by atoms with van der Waals surface area (Å²) < 4.78 is 10.4. The summed E-state index contributed by atoms with van der Waals surface area (Å²) in [4.78, 5) is 20.1. The van der Waals surface area contributed by atoms with E-state index in [1.54, 1.807) is 26.4 Å². The summed E-state index contributed by atoms with van der Waals surface area (Å²) in [6.45, 7) is 2.62. The van der Waals surface area contributed by atoms with E-state index in [-0.39, 0.29) is 5.91 Å². The van der Waals surface area contributed by atoms with Crippen molar-refractivity contribution in [3.8, 4) is 11.5 Å². The topological polar surface area (TPSA) is 85.4 Å². The molecule has 0 aliphatic rings. The van der Waals surface area contributed by atoms with E-state index in [0.29, 0.717) is 29.6 Å². The third kappa shape index (κ3) is 4.32. The minimum absolute atomic E-state index is 0.176. The van der Waals surface area contributed by atoms with Gasteiger partial charge >= 0.3 is 0 Å². The third-order valence-electron chi connectivity index (χ3n) is 3.09. The molecule has 0 aliphatic heterocycles. The highest BCUT2D eigenvalue weighted by atomic mass is 16.5. The second-order valence-electron chi connectivity index (χ2n) is 4.75. The first-order valence-corrected chi connectivity index (χ1v) is 7.27. The fraction of sp³-hybridized carbons (Fsp3) is 0.312. The number of carbonyl (C=O) groups excluding carboxylic acids is 1. The fourth-order valence-electron chi connectivity index (χ4n) is 1.89. The van der Waals surface area contributed by atoms with E-state index in [1.165, 1.54) is 12.4 Å². The molecule has 2 N–H and O–H groups in total. The van der Waals surface area contributed by atoms with Gasteiger partial charge in [0.15, 0.2) is 11.5 Å². The molecule has 0 unspecified atom stereocenters. The van der Waals surface area contributed by atoms with E-state index < -0.39 is 0 Å². The van der Waals surface area contributed by atoms with Gasteiger partial charge in [0.2, 0.25) is 5.95 Å². The van der Waals surface area contributed by atoms with Crippen molar-refractivity contribution < 1.29 is 14.3 Å². The van der Waals surface area contributed by atoms with Crippen LogP contribution in [0.15, 0.2) is 30.6 Å². The minimum Gasteiger partial charge on any atom is -0.493 e. The van der Waals surface area contributed by atoms with Gasteiger partial charge in [0, 0.05) is 30.7 Å². The zero-order chi connectivity index (χ0) is 16.7. The van der Waals surface area contributed by atoms with Crippen LogP contribution in [0.4, 0.5) is 11.6 Å². The highest BCUT2D eigenvalue weighted by molar-refractivity contribution is 5.93. The summed E-state index contributed by atoms with van der Waals surface area (Å²) in [5.74, 6) is 1.46. The van der Waals surface area contributed by atoms with Crippen LogP contribution < -0.4 is 20.1 Å². The smallest absolute Gasteiger partial charge is 0.254 e. The summed E-state index contributed by atoms with van der Waals surface area (Å²) in [6.07, 6.45) is 3.85. The fourth-order valence-corrected chi connectivity index (χ4v) is 1.89. The summed E-state index contributed by atoms with van der Waals surface area (Å²) in [5.41, 5.74) is 1.18. The lowest BCUT2D eigenvalue weighted by Crippen LogP contribution is -2.24. The van der Waals surface area contributed by atoms with E-state index in [1.807, 2.05) is 13.0 Å². The van der Waals surface area contributed by atoms with Gasteiger partial charge in [-0.05, 0) is 18.6 Å². The van der Waals surface area contributed by atoms with E-state index in [4.69, 9.17) is 9.47 Å². The number of nitrogens with zero attached hydrogens (tertiary/aromatic N) is 2. The maximum absolute atomic E-state index is 11.8. The Morgan fingerprint density at radius 1 is 1.13 bits per heavy atom. The van der Waals surface area contributed by atoms with E-state index >= 15 is 0 Å². The van der Waals surface area contributed by atoms with Crippen molar-refractivity contribution in [3.05, 3.63) is 36.2 Å². The molecule has 2 rings (SSSR count). The van der Waals surface area contributed by atoms with Gasteiger partial charge < -0.3 is 20.1 Å². The minimum atomic E-state index is -0.176. The number of amides is 1. The standard InChI is InChI=1S/C16H20N4O3/c1-4-7-17-15(21)11-9-18-16(19-10-11)20-12-5-6-13(22-2)14(8-12)23-3/h5-6,8-10H,4,7H2,1-3H3,(H,17,21)(H,18,19,20). The molecule has 1 aromatic carbocycles. The van der Waals surface area contributed by atoms with E-state index in [2.05, 4.69) is 20.6 Å². The van der Waals surface area contributed by atoms with Crippen molar-refractivity contribution in [3.63, 3.8) is 0 Å². The maximum atomic E-state index is 11.8. The number of rotatable bonds is 7. The van der Waals surface area contributed by atoms with Crippen LogP contribution in [0.25, 0.3) is 0 Å². The predicted octanol–water partition coefficient (Wildman–Crippen LogP) is 2.38. The molecule has 0 spiro atoms. The lowest BCUT2D eigenvalue weighted by Gasteiger charge is -2.10. The number of anilines is 2. The molecule has 0 saturated carbocycles. The molecule has 7 nitrogen and oxygen atoms in total. The Kier molecular flexibility index (Phi) is 5.74. The Balaban J connectivity index is 2.07. The number of methoxy groups -OCH3 is 2. The molecule has 23 heavy (non-hydrogen) atoms. The molecule has 122 valence electrons. The zero-order valence-corrected chi connectivity index (χ0v) is 13.4. The molecule has 0 bridgehead atoms. The molecule has 1 aromatic heterocycles. The monoisotopic (exact) mass is 316 g/mol. The molecule has 0 aliphatic carbocycles. The van der Waals surface area contributed by atoms with Crippen LogP contribution in [0.1, 0.15) is 23.7 Å². The highest BCUT2D eigenvalue weighted by Crippen LogP contribution is 2.30. The SMILES string of the molecule is CCCNC(=O)c1cnc(Nc2ccc(OC)c(OC)c2)nc1. The van der Waals surface area contributed by atoms with Crippen molar-refractivity contribution in [1.29, 1.82) is 0 Å². The summed E-state index contributed by atoms with van der Waals surface area (Å²) in [6, 6.07) is 5.39. The number of benzene rings is 1. The molecule has 1 heterocycles. The van der Waals surface area contributed by atoms with Gasteiger partial charge in [-0.3, -0.25) is 4.79 Å². The predicted molar refractivity (Wildman–Crippen MR) is 87.5 cm³/mol. The van der Waals surface area contributed by atoms with Crippen molar-refractivity contribution in [2.24, 2.45) is 0 Å². The lowest BCUT2D eigenvalue weighted by molar-refractivity contribution is 0.0953. The average molecular weight is 316 g/mol. The lowest BCUT2D eigenvalue weighted by atomic mass is 10.2. The molecule has 2 aromatic rings. The largest absolute Gasteiger partial charge is 0.493 e. The first-order valence-electron chi connectivity index (χ1n) is 7.27. The van der Waals surface area contributed by atoms with Crippen LogP contribution in [0.2, 0.25) is 0 Å². The van der Waals surface area contributed by atoms with E-state index in [9.17, 15) is 4.79 Å². The highest BCUT2D eigenvalue weighted by Gasteiger charge is 2.08. The second-order valence-corrected chi connectivity index (χ2v) is 4.75. The Hall–Kier alpha value is -2.83. The Morgan fingerprint density at radius 2 is 1.83 bits per heavy atom. The van der Waals surface area contributed by atoms with Crippen LogP contribution in [0.5, 0.6) is 11.5 Å². The number of ether oxygens (including phenoxy) is 2. The molecule has 0 radical (unpaired) electrons. The Morgan fingerprint density at radius 3 is 2.43 bits per heavy atom. The van der Waals surface area contributed by atoms with Gasteiger partial charge in [-0.25, -0.2) is 9.97 Å². The molecule has 0 fully saturated rings. The number of hydrogen-bond donors (Lipinski definition) is 2. The summed E-state index contributed by atoms with van der Waals surface area (Å²) in [7, 11) is 3.15. The summed E-state index contributed by atoms with van der Waals surface area (Å²) in [5, 5.41) is 5.83. The average Bonchev–Trinajstić information content (AvgIpc) is 2.60. The molecule has 0 atom stereocenters. The van der Waals surface area contributed by atoms with E-state index in [0.717, 1.165) is 12.1 Å². The van der Waals surface area contributed by atoms with Crippen LogP contribution in [-0.2, 0) is 0 Å². The quantitative estimate of drug-likeness (QED) is 0.816. The first-order chi connectivity index (χ1) is 11.2. The van der Waals surface area contributed by atoms with Gasteiger partial charge in [0.25, 0.3) is 5.91 Å². The van der Waals surface area contributed by atoms with Crippen molar-refractivity contribution in [2.45, 2.75) is 13.3 Å². The van der Waals surface area contributed by atoms with Gasteiger partial charge in [0.1, 0.15) is 0 Å². The van der Waals surface area contributed by atoms with Crippen LogP contribution in [-0.4, -0.2) is 36.6 Å². The van der Waals surface area contributed by atoms with Gasteiger partial charge in [-0.2, -0.15) is 0 Å². The zero-order valence-electron chi connectivity index (χ0n) is 13.4. The molecule has 7 heteroatoms. The number of nitrogens with one attached hydrogen (secondary N) is 2. The van der Waals surface area contributed by atoms with Crippen molar-refractivity contribution >= 4 is 17.5 Å². The Bertz CT molecular complexity index is 659.